The average Bonchev–Trinajstić information content (AvgIpc) is 1.89. The standard InChI is InChI=1S/2C4H11B/c2*1-4-5(2)3/h2*4H2,1-3H3. The highest BCUT2D eigenvalue weighted by Crippen LogP contribution is 1.84. The van der Waals surface area contributed by atoms with E-state index in [2.05, 4.69) is 41.1 Å². The van der Waals surface area contributed by atoms with E-state index in [-0.39, 0.29) is 0 Å². The molecule has 0 atom stereocenters. The summed E-state index contributed by atoms with van der Waals surface area (Å²) < 4.78 is 0. The monoisotopic (exact) mass is 140 g/mol. The Hall–Kier alpha value is 0.130. The maximum Gasteiger partial charge on any atom is 0.133 e. The highest BCUT2D eigenvalue weighted by Gasteiger charge is 1.87. The van der Waals surface area contributed by atoms with Crippen molar-refractivity contribution in [3.8, 4) is 0 Å². The fourth-order valence-corrected chi connectivity index (χ4v) is 0. The van der Waals surface area contributed by atoms with Crippen LogP contribution in [0.2, 0.25) is 39.9 Å². The third-order valence-electron chi connectivity index (χ3n) is 1.63. The molecule has 0 aliphatic carbocycles. The van der Waals surface area contributed by atoms with Gasteiger partial charge in [-0.3, -0.25) is 0 Å². The Morgan fingerprint density at radius 3 is 0.800 bits per heavy atom. The predicted molar refractivity (Wildman–Crippen MR) is 55.9 cm³/mol. The Morgan fingerprint density at radius 2 is 0.800 bits per heavy atom. The molecule has 10 heavy (non-hydrogen) atoms. The van der Waals surface area contributed by atoms with E-state index in [1.807, 2.05) is 0 Å². The van der Waals surface area contributed by atoms with Crippen LogP contribution >= 0.6 is 0 Å². The molecule has 0 aliphatic heterocycles. The molecule has 2 heteroatoms. The van der Waals surface area contributed by atoms with Crippen molar-refractivity contribution >= 4 is 13.4 Å². The van der Waals surface area contributed by atoms with Crippen LogP contribution in [0.3, 0.4) is 0 Å². The molecule has 0 nitrogen and oxygen atoms in total. The largest absolute Gasteiger partial charge is 0.133 e. The minimum absolute atomic E-state index is 0.884. The maximum absolute atomic E-state index is 2.22. The van der Waals surface area contributed by atoms with Gasteiger partial charge in [0.05, 0.1) is 0 Å². The summed E-state index contributed by atoms with van der Waals surface area (Å²) in [5.74, 6) is 0. The molecule has 0 heterocycles. The van der Waals surface area contributed by atoms with Gasteiger partial charge in [-0.1, -0.05) is 53.8 Å². The molecule has 0 aromatic carbocycles. The maximum atomic E-state index is 2.22. The van der Waals surface area contributed by atoms with Crippen molar-refractivity contribution in [2.24, 2.45) is 0 Å². The zero-order valence-corrected chi connectivity index (χ0v) is 8.57. The lowest BCUT2D eigenvalue weighted by Crippen LogP contribution is -1.92. The molecule has 0 saturated heterocycles. The van der Waals surface area contributed by atoms with Crippen LogP contribution in [0.5, 0.6) is 0 Å². The Balaban J connectivity index is 0. The molecule has 0 radical (unpaired) electrons. The summed E-state index contributed by atoms with van der Waals surface area (Å²) >= 11 is 0. The molecule has 0 bridgehead atoms. The van der Waals surface area contributed by atoms with Gasteiger partial charge in [-0.2, -0.15) is 0 Å². The van der Waals surface area contributed by atoms with Crippen molar-refractivity contribution in [3.05, 3.63) is 0 Å². The van der Waals surface area contributed by atoms with Gasteiger partial charge in [0.2, 0.25) is 0 Å². The van der Waals surface area contributed by atoms with Crippen molar-refractivity contribution in [1.29, 1.82) is 0 Å². The molecule has 0 unspecified atom stereocenters. The van der Waals surface area contributed by atoms with Crippen LogP contribution in [0.4, 0.5) is 0 Å². The molecule has 0 aromatic rings. The summed E-state index contributed by atoms with van der Waals surface area (Å²) in [5, 5.41) is 0. The van der Waals surface area contributed by atoms with Crippen LogP contribution in [-0.4, -0.2) is 13.4 Å². The minimum Gasteiger partial charge on any atom is -0.0863 e. The van der Waals surface area contributed by atoms with E-state index in [0.717, 1.165) is 13.4 Å². The van der Waals surface area contributed by atoms with E-state index in [9.17, 15) is 0 Å². The van der Waals surface area contributed by atoms with E-state index in [0.29, 0.717) is 0 Å². The van der Waals surface area contributed by atoms with Crippen LogP contribution in [-0.2, 0) is 0 Å². The molecule has 0 rings (SSSR count). The zero-order chi connectivity index (χ0) is 8.57. The third kappa shape index (κ3) is 24.2. The average molecular weight is 140 g/mol. The number of hydrogen-bond acceptors (Lipinski definition) is 0. The molecule has 60 valence electrons. The van der Waals surface area contributed by atoms with E-state index in [1.165, 1.54) is 12.6 Å². The Labute approximate surface area is 67.9 Å². The fraction of sp³-hybridized carbons (Fsp3) is 1.00. The van der Waals surface area contributed by atoms with E-state index in [4.69, 9.17) is 0 Å². The predicted octanol–water partition coefficient (Wildman–Crippen LogP) is 3.52. The number of hydrogen-bond donors (Lipinski definition) is 0. The van der Waals surface area contributed by atoms with Gasteiger partial charge in [0, 0.05) is 0 Å². The van der Waals surface area contributed by atoms with Gasteiger partial charge >= 0.3 is 0 Å². The Morgan fingerprint density at radius 1 is 0.700 bits per heavy atom. The summed E-state index contributed by atoms with van der Waals surface area (Å²) in [5.41, 5.74) is 0. The second-order valence-corrected chi connectivity index (χ2v) is 3.60. The van der Waals surface area contributed by atoms with Crippen LogP contribution in [0.15, 0.2) is 0 Å². The lowest BCUT2D eigenvalue weighted by atomic mass is 9.53. The summed E-state index contributed by atoms with van der Waals surface area (Å²) in [7, 11) is 0. The fourth-order valence-electron chi connectivity index (χ4n) is 0. The summed E-state index contributed by atoms with van der Waals surface area (Å²) in [6.07, 6.45) is 2.61. The van der Waals surface area contributed by atoms with Gasteiger partial charge in [0.25, 0.3) is 0 Å². The van der Waals surface area contributed by atoms with Gasteiger partial charge in [-0.15, -0.1) is 0 Å². The quantitative estimate of drug-likeness (QED) is 0.514. The lowest BCUT2D eigenvalue weighted by molar-refractivity contribution is 1.41. The topological polar surface area (TPSA) is 0 Å². The van der Waals surface area contributed by atoms with Crippen molar-refractivity contribution in [1.82, 2.24) is 0 Å². The van der Waals surface area contributed by atoms with Crippen LogP contribution in [0.1, 0.15) is 13.8 Å². The second kappa shape index (κ2) is 9.13. The smallest absolute Gasteiger partial charge is 0.0863 e. The number of rotatable bonds is 2. The van der Waals surface area contributed by atoms with Gasteiger partial charge in [0.15, 0.2) is 0 Å². The Kier molecular flexibility index (Phi) is 11.7. The SMILES string of the molecule is CCB(C)C.CCB(C)C. The molecule has 0 saturated carbocycles. The van der Waals surface area contributed by atoms with E-state index >= 15 is 0 Å². The minimum atomic E-state index is 0.884. The van der Waals surface area contributed by atoms with Crippen molar-refractivity contribution in [2.75, 3.05) is 0 Å². The Bertz CT molecular complexity index is 43.2. The highest BCUT2D eigenvalue weighted by molar-refractivity contribution is 6.55. The van der Waals surface area contributed by atoms with E-state index < -0.39 is 0 Å². The molecule has 0 amide bonds. The zero-order valence-electron chi connectivity index (χ0n) is 8.57. The molecule has 0 fully saturated rings. The molecular weight excluding hydrogens is 118 g/mol. The molecule has 0 spiro atoms. The van der Waals surface area contributed by atoms with Gasteiger partial charge in [-0.05, 0) is 0 Å². The third-order valence-corrected chi connectivity index (χ3v) is 1.63. The van der Waals surface area contributed by atoms with Crippen molar-refractivity contribution in [2.45, 2.75) is 53.8 Å². The summed E-state index contributed by atoms with van der Waals surface area (Å²) in [6.45, 7) is 15.1. The van der Waals surface area contributed by atoms with Crippen LogP contribution in [0.25, 0.3) is 0 Å². The lowest BCUT2D eigenvalue weighted by Gasteiger charge is -1.84. The normalized spacial score (nSPS) is 7.80. The van der Waals surface area contributed by atoms with Crippen LogP contribution < -0.4 is 0 Å². The van der Waals surface area contributed by atoms with Crippen molar-refractivity contribution < 1.29 is 0 Å². The molecule has 0 aliphatic rings. The second-order valence-electron chi connectivity index (χ2n) is 3.60. The first-order valence-corrected chi connectivity index (χ1v) is 4.54. The van der Waals surface area contributed by atoms with Gasteiger partial charge < -0.3 is 0 Å². The van der Waals surface area contributed by atoms with Gasteiger partial charge in [0.1, 0.15) is 13.4 Å². The summed E-state index contributed by atoms with van der Waals surface area (Å²) in [6, 6.07) is 0. The van der Waals surface area contributed by atoms with Gasteiger partial charge in [-0.25, -0.2) is 0 Å². The van der Waals surface area contributed by atoms with E-state index in [1.54, 1.807) is 0 Å². The van der Waals surface area contributed by atoms with Crippen molar-refractivity contribution in [3.63, 3.8) is 0 Å². The summed E-state index contributed by atoms with van der Waals surface area (Å²) in [4.78, 5) is 0. The molecular formula is C8H22B2. The molecule has 0 N–H and O–H groups in total. The first-order valence-electron chi connectivity index (χ1n) is 4.54. The molecule has 0 aromatic heterocycles. The first-order chi connectivity index (χ1) is 4.54. The van der Waals surface area contributed by atoms with Crippen LogP contribution in [0, 0.1) is 0 Å². The first kappa shape index (κ1) is 12.8. The highest BCUT2D eigenvalue weighted by atomic mass is 13.5.